The Morgan fingerprint density at radius 2 is 2.23 bits per heavy atom. The highest BCUT2D eigenvalue weighted by Crippen LogP contribution is 2.31. The zero-order valence-electron chi connectivity index (χ0n) is 6.62. The quantitative estimate of drug-likeness (QED) is 0.610. The number of hydrogen-bond donors (Lipinski definition) is 2. The molecular weight excluding hydrogens is 315 g/mol. The lowest BCUT2D eigenvalue weighted by molar-refractivity contribution is 0.281. The van der Waals surface area contributed by atoms with Crippen LogP contribution in [-0.4, -0.2) is 5.11 Å². The second-order valence-electron chi connectivity index (χ2n) is 2.72. The number of benzene rings is 1. The fourth-order valence-electron chi connectivity index (χ4n) is 1.20. The van der Waals surface area contributed by atoms with Crippen molar-refractivity contribution in [3.8, 4) is 0 Å². The molecule has 4 heteroatoms. The van der Waals surface area contributed by atoms with Gasteiger partial charge in [0, 0.05) is 23.9 Å². The molecule has 0 aliphatic heterocycles. The monoisotopic (exact) mass is 322 g/mol. The third kappa shape index (κ3) is 1.72. The molecule has 0 spiro atoms. The Hall–Kier alpha value is 0.220. The number of fused-ring (bicyclic) bond motifs is 1. The van der Waals surface area contributed by atoms with Gasteiger partial charge in [-0.3, -0.25) is 0 Å². The van der Waals surface area contributed by atoms with Crippen LogP contribution >= 0.6 is 46.6 Å². The maximum Gasteiger partial charge on any atom is 0.0692 e. The molecule has 0 aliphatic rings. The maximum absolute atomic E-state index is 9.08. The highest BCUT2D eigenvalue weighted by molar-refractivity contribution is 14.1. The van der Waals surface area contributed by atoms with E-state index >= 15 is 0 Å². The molecule has 0 amide bonds. The van der Waals surface area contributed by atoms with Crippen LogP contribution in [-0.2, 0) is 6.61 Å². The minimum absolute atomic E-state index is 0.0945. The Bertz CT molecular complexity index is 450. The minimum atomic E-state index is 0.0945. The van der Waals surface area contributed by atoms with Crippen molar-refractivity contribution < 1.29 is 5.11 Å². The van der Waals surface area contributed by atoms with Crippen molar-refractivity contribution in [1.82, 2.24) is 0 Å². The number of aliphatic hydroxyl groups is 1. The summed E-state index contributed by atoms with van der Waals surface area (Å²) >= 11 is 8.27. The van der Waals surface area contributed by atoms with Crippen LogP contribution in [0, 0.1) is 3.57 Å². The lowest BCUT2D eigenvalue weighted by atomic mass is 10.2. The number of halogens is 1. The Labute approximate surface area is 99.3 Å². The molecule has 2 aromatic rings. The van der Waals surface area contributed by atoms with E-state index in [1.165, 1.54) is 4.70 Å². The van der Waals surface area contributed by atoms with E-state index in [2.05, 4.69) is 41.3 Å². The smallest absolute Gasteiger partial charge is 0.0692 e. The van der Waals surface area contributed by atoms with Gasteiger partial charge in [0.05, 0.1) is 6.61 Å². The van der Waals surface area contributed by atoms with Gasteiger partial charge in [-0.15, -0.1) is 24.0 Å². The number of thiol groups is 1. The molecule has 0 aliphatic carbocycles. The van der Waals surface area contributed by atoms with Crippen LogP contribution < -0.4 is 0 Å². The van der Waals surface area contributed by atoms with Crippen molar-refractivity contribution in [3.05, 3.63) is 26.6 Å². The summed E-state index contributed by atoms with van der Waals surface area (Å²) < 4.78 is 2.34. The van der Waals surface area contributed by atoms with Crippen molar-refractivity contribution in [2.75, 3.05) is 0 Å². The van der Waals surface area contributed by atoms with E-state index in [0.29, 0.717) is 0 Å². The molecule has 13 heavy (non-hydrogen) atoms. The van der Waals surface area contributed by atoms with Gasteiger partial charge in [0.15, 0.2) is 0 Å². The molecule has 0 fully saturated rings. The number of hydrogen-bond acceptors (Lipinski definition) is 3. The minimum Gasteiger partial charge on any atom is -0.392 e. The largest absolute Gasteiger partial charge is 0.392 e. The SMILES string of the molecule is OCc1cc2c(S)csc2cc1I. The normalized spacial score (nSPS) is 11.0. The molecule has 1 heterocycles. The average Bonchev–Trinajstić information content (AvgIpc) is 2.46. The zero-order chi connectivity index (χ0) is 9.42. The Kier molecular flexibility index (Phi) is 2.83. The fourth-order valence-corrected chi connectivity index (χ4v) is 3.32. The summed E-state index contributed by atoms with van der Waals surface area (Å²) in [4.78, 5) is 0.992. The first-order valence-corrected chi connectivity index (χ1v) is 6.12. The molecule has 1 aromatic heterocycles. The van der Waals surface area contributed by atoms with Gasteiger partial charge < -0.3 is 5.11 Å². The molecule has 1 N–H and O–H groups in total. The summed E-state index contributed by atoms with van der Waals surface area (Å²) in [7, 11) is 0. The fraction of sp³-hybridized carbons (Fsp3) is 0.111. The summed E-state index contributed by atoms with van der Waals surface area (Å²) in [5.74, 6) is 0. The Morgan fingerprint density at radius 3 is 2.92 bits per heavy atom. The molecule has 0 saturated heterocycles. The van der Waals surface area contributed by atoms with Gasteiger partial charge in [0.1, 0.15) is 0 Å². The highest BCUT2D eigenvalue weighted by Gasteiger charge is 2.05. The standard InChI is InChI=1S/C9H7IOS2/c10-7-2-9-6(1-5(7)3-11)8(12)4-13-9/h1-2,4,11-12H,3H2. The summed E-state index contributed by atoms with van der Waals surface area (Å²) in [5.41, 5.74) is 0.974. The average molecular weight is 322 g/mol. The molecule has 2 rings (SSSR count). The van der Waals surface area contributed by atoms with Gasteiger partial charge in [0.2, 0.25) is 0 Å². The van der Waals surface area contributed by atoms with Crippen molar-refractivity contribution in [2.45, 2.75) is 11.5 Å². The third-order valence-electron chi connectivity index (χ3n) is 1.89. The van der Waals surface area contributed by atoms with E-state index < -0.39 is 0 Å². The Morgan fingerprint density at radius 1 is 1.46 bits per heavy atom. The van der Waals surface area contributed by atoms with E-state index in [-0.39, 0.29) is 6.61 Å². The van der Waals surface area contributed by atoms with Gasteiger partial charge in [-0.1, -0.05) is 0 Å². The van der Waals surface area contributed by atoms with Crippen LogP contribution in [0.3, 0.4) is 0 Å². The van der Waals surface area contributed by atoms with Crippen LogP contribution in [0.15, 0.2) is 22.4 Å². The van der Waals surface area contributed by atoms with Crippen molar-refractivity contribution >= 4 is 56.6 Å². The Balaban J connectivity index is 2.77. The maximum atomic E-state index is 9.08. The summed E-state index contributed by atoms with van der Waals surface area (Å²) in [6.45, 7) is 0.0945. The third-order valence-corrected chi connectivity index (χ3v) is 4.39. The lowest BCUT2D eigenvalue weighted by Crippen LogP contribution is -1.86. The van der Waals surface area contributed by atoms with Crippen molar-refractivity contribution in [1.29, 1.82) is 0 Å². The highest BCUT2D eigenvalue weighted by atomic mass is 127. The number of rotatable bonds is 1. The molecule has 1 aromatic carbocycles. The van der Waals surface area contributed by atoms with E-state index in [1.807, 2.05) is 11.4 Å². The molecule has 0 unspecified atom stereocenters. The molecule has 68 valence electrons. The topological polar surface area (TPSA) is 20.2 Å². The van der Waals surface area contributed by atoms with Gasteiger partial charge >= 0.3 is 0 Å². The summed E-state index contributed by atoms with van der Waals surface area (Å²) in [6, 6.07) is 4.10. The van der Waals surface area contributed by atoms with Crippen LogP contribution in [0.2, 0.25) is 0 Å². The molecule has 1 nitrogen and oxygen atoms in total. The second-order valence-corrected chi connectivity index (χ2v) is 5.27. The van der Waals surface area contributed by atoms with Crippen molar-refractivity contribution in [3.63, 3.8) is 0 Å². The van der Waals surface area contributed by atoms with E-state index in [9.17, 15) is 0 Å². The first-order valence-electron chi connectivity index (χ1n) is 3.72. The van der Waals surface area contributed by atoms with Gasteiger partial charge in [0.25, 0.3) is 0 Å². The van der Waals surface area contributed by atoms with Gasteiger partial charge in [-0.25, -0.2) is 0 Å². The van der Waals surface area contributed by atoms with Gasteiger partial charge in [-0.05, 0) is 40.3 Å². The summed E-state index contributed by atoms with van der Waals surface area (Å²) in [6.07, 6.45) is 0. The number of thiophene rings is 1. The molecule has 0 radical (unpaired) electrons. The molecular formula is C9H7IOS2. The van der Waals surface area contributed by atoms with Gasteiger partial charge in [-0.2, -0.15) is 0 Å². The van der Waals surface area contributed by atoms with E-state index in [0.717, 1.165) is 19.4 Å². The van der Waals surface area contributed by atoms with E-state index in [4.69, 9.17) is 5.11 Å². The van der Waals surface area contributed by atoms with Crippen LogP contribution in [0.1, 0.15) is 5.56 Å². The molecule has 0 bridgehead atoms. The first-order chi connectivity index (χ1) is 6.22. The molecule has 0 saturated carbocycles. The predicted octanol–water partition coefficient (Wildman–Crippen LogP) is 3.29. The van der Waals surface area contributed by atoms with Crippen LogP contribution in [0.5, 0.6) is 0 Å². The first kappa shape index (κ1) is 9.76. The lowest BCUT2D eigenvalue weighted by Gasteiger charge is -2.00. The molecule has 0 atom stereocenters. The van der Waals surface area contributed by atoms with E-state index in [1.54, 1.807) is 11.3 Å². The zero-order valence-corrected chi connectivity index (χ0v) is 10.5. The van der Waals surface area contributed by atoms with Crippen molar-refractivity contribution in [2.24, 2.45) is 0 Å². The summed E-state index contributed by atoms with van der Waals surface area (Å²) in [5, 5.41) is 12.2. The predicted molar refractivity (Wildman–Crippen MR) is 67.7 cm³/mol. The van der Waals surface area contributed by atoms with Crippen LogP contribution in [0.25, 0.3) is 10.1 Å². The van der Waals surface area contributed by atoms with Crippen LogP contribution in [0.4, 0.5) is 0 Å². The second kappa shape index (κ2) is 3.76. The number of aliphatic hydroxyl groups excluding tert-OH is 1.